The van der Waals surface area contributed by atoms with E-state index in [4.69, 9.17) is 9.47 Å². The van der Waals surface area contributed by atoms with Gasteiger partial charge in [-0.1, -0.05) is 80.2 Å². The smallest absolute Gasteiger partial charge is 0.307 e. The van der Waals surface area contributed by atoms with E-state index >= 15 is 0 Å². The number of allylic oxidation sites excluding steroid dienone is 10. The van der Waals surface area contributed by atoms with Gasteiger partial charge in [-0.2, -0.15) is 0 Å². The van der Waals surface area contributed by atoms with Crippen molar-refractivity contribution in [3.63, 3.8) is 0 Å². The number of carbonyl (C=O) groups is 1. The molecule has 0 radical (unpaired) electrons. The van der Waals surface area contributed by atoms with Crippen LogP contribution in [0.4, 0.5) is 5.69 Å². The Morgan fingerprint density at radius 1 is 0.764 bits per heavy atom. The quantitative estimate of drug-likeness (QED) is 0.0426. The predicted molar refractivity (Wildman–Crippen MR) is 232 cm³/mol. The molecule has 5 rings (SSSR count). The Morgan fingerprint density at radius 2 is 1.45 bits per heavy atom. The Balaban J connectivity index is 0.938. The van der Waals surface area contributed by atoms with Gasteiger partial charge >= 0.3 is 5.97 Å². The summed E-state index contributed by atoms with van der Waals surface area (Å²) >= 11 is 1.81. The van der Waals surface area contributed by atoms with Crippen molar-refractivity contribution in [2.24, 2.45) is 0 Å². The van der Waals surface area contributed by atoms with Gasteiger partial charge < -0.3 is 14.4 Å². The highest BCUT2D eigenvalue weighted by molar-refractivity contribution is 7.17. The van der Waals surface area contributed by atoms with Crippen LogP contribution in [0.3, 0.4) is 0 Å². The molecule has 0 saturated carbocycles. The van der Waals surface area contributed by atoms with Crippen LogP contribution >= 0.6 is 11.3 Å². The highest BCUT2D eigenvalue weighted by Crippen LogP contribution is 2.31. The summed E-state index contributed by atoms with van der Waals surface area (Å²) < 4.78 is 14.5. The van der Waals surface area contributed by atoms with Crippen LogP contribution in [-0.2, 0) is 16.3 Å². The third-order valence-corrected chi connectivity index (χ3v) is 10.7. The number of carbonyl (C=O) groups excluding carboxylic acids is 1. The summed E-state index contributed by atoms with van der Waals surface area (Å²) in [6, 6.07) is 17.9. The monoisotopic (exact) mass is 761 g/mol. The van der Waals surface area contributed by atoms with Gasteiger partial charge in [-0.3, -0.25) is 19.1 Å². The number of esters is 1. The SMILES string of the molecule is CCC/C=C\C/C=C\C/C=C\C/C=C\C/C=C\CCCC(=O)OCn1c(=O)ccc2ccc(OCCCCN3CCN(c4cccc5sccc45)CC3)cc21. The molecule has 7 nitrogen and oxygen atoms in total. The lowest BCUT2D eigenvalue weighted by Gasteiger charge is -2.36. The van der Waals surface area contributed by atoms with E-state index < -0.39 is 0 Å². The second kappa shape index (κ2) is 24.0. The number of thiophene rings is 1. The summed E-state index contributed by atoms with van der Waals surface area (Å²) in [6.45, 7) is 7.98. The second-order valence-corrected chi connectivity index (χ2v) is 14.9. The molecule has 55 heavy (non-hydrogen) atoms. The minimum Gasteiger partial charge on any atom is -0.494 e. The summed E-state index contributed by atoms with van der Waals surface area (Å²) in [5.74, 6) is 0.405. The Labute approximate surface area is 331 Å². The molecule has 292 valence electrons. The molecule has 2 aromatic heterocycles. The lowest BCUT2D eigenvalue weighted by atomic mass is 10.2. The van der Waals surface area contributed by atoms with Gasteiger partial charge in [-0.05, 0) is 111 Å². The van der Waals surface area contributed by atoms with E-state index in [9.17, 15) is 9.59 Å². The van der Waals surface area contributed by atoms with Crippen molar-refractivity contribution in [1.82, 2.24) is 9.47 Å². The average Bonchev–Trinajstić information content (AvgIpc) is 3.70. The van der Waals surface area contributed by atoms with E-state index in [2.05, 4.69) is 107 Å². The van der Waals surface area contributed by atoms with Crippen LogP contribution in [0.5, 0.6) is 5.75 Å². The van der Waals surface area contributed by atoms with Crippen LogP contribution in [0.25, 0.3) is 21.0 Å². The zero-order chi connectivity index (χ0) is 38.3. The van der Waals surface area contributed by atoms with Gasteiger partial charge in [-0.25, -0.2) is 0 Å². The molecule has 8 heteroatoms. The van der Waals surface area contributed by atoms with Crippen molar-refractivity contribution in [2.75, 3.05) is 44.2 Å². The van der Waals surface area contributed by atoms with Gasteiger partial charge in [0.05, 0.1) is 12.1 Å². The number of pyridine rings is 1. The van der Waals surface area contributed by atoms with E-state index in [1.807, 2.05) is 18.2 Å². The summed E-state index contributed by atoms with van der Waals surface area (Å²) in [5, 5.41) is 4.44. The zero-order valence-corrected chi connectivity index (χ0v) is 33.5. The second-order valence-electron chi connectivity index (χ2n) is 13.9. The van der Waals surface area contributed by atoms with Crippen molar-refractivity contribution in [1.29, 1.82) is 0 Å². The van der Waals surface area contributed by atoms with Gasteiger partial charge in [0.1, 0.15) is 5.75 Å². The van der Waals surface area contributed by atoms with Gasteiger partial charge in [0.2, 0.25) is 0 Å². The van der Waals surface area contributed by atoms with Gasteiger partial charge in [0.15, 0.2) is 6.73 Å². The molecule has 0 unspecified atom stereocenters. The van der Waals surface area contributed by atoms with Gasteiger partial charge in [-0.15, -0.1) is 11.3 Å². The first-order chi connectivity index (χ1) is 27.1. The van der Waals surface area contributed by atoms with Crippen molar-refractivity contribution in [2.45, 2.75) is 84.3 Å². The summed E-state index contributed by atoms with van der Waals surface area (Å²) in [7, 11) is 0. The Hall–Kier alpha value is -4.66. The molecular formula is C47H59N3O4S. The number of benzene rings is 2. The minimum atomic E-state index is -0.305. The molecule has 1 aliphatic heterocycles. The van der Waals surface area contributed by atoms with Crippen molar-refractivity contribution in [3.05, 3.63) is 131 Å². The molecule has 0 aliphatic carbocycles. The number of anilines is 1. The number of nitrogens with zero attached hydrogens (tertiary/aromatic N) is 3. The van der Waals surface area contributed by atoms with E-state index in [-0.39, 0.29) is 18.3 Å². The molecule has 0 amide bonds. The lowest BCUT2D eigenvalue weighted by molar-refractivity contribution is -0.147. The molecule has 3 heterocycles. The number of hydrogen-bond donors (Lipinski definition) is 0. The molecule has 0 spiro atoms. The summed E-state index contributed by atoms with van der Waals surface area (Å²) in [5.41, 5.74) is 1.84. The van der Waals surface area contributed by atoms with Crippen LogP contribution in [0.1, 0.15) is 77.6 Å². The molecule has 2 aromatic carbocycles. The maximum atomic E-state index is 12.8. The Morgan fingerprint density at radius 3 is 2.18 bits per heavy atom. The molecule has 1 fully saturated rings. The van der Waals surface area contributed by atoms with Crippen LogP contribution in [0.15, 0.2) is 126 Å². The molecule has 0 atom stereocenters. The highest BCUT2D eigenvalue weighted by atomic mass is 32.1. The molecule has 4 aromatic rings. The Kier molecular flexibility index (Phi) is 18.1. The zero-order valence-electron chi connectivity index (χ0n) is 32.7. The van der Waals surface area contributed by atoms with Crippen molar-refractivity contribution in [3.8, 4) is 5.75 Å². The van der Waals surface area contributed by atoms with Crippen LogP contribution in [0, 0.1) is 0 Å². The molecule has 1 saturated heterocycles. The first-order valence-corrected chi connectivity index (χ1v) is 21.1. The maximum Gasteiger partial charge on any atom is 0.307 e. The average molecular weight is 762 g/mol. The predicted octanol–water partition coefficient (Wildman–Crippen LogP) is 11.0. The van der Waals surface area contributed by atoms with Crippen molar-refractivity contribution < 1.29 is 14.3 Å². The van der Waals surface area contributed by atoms with E-state index in [1.54, 1.807) is 17.4 Å². The van der Waals surface area contributed by atoms with Crippen LogP contribution < -0.4 is 15.2 Å². The largest absolute Gasteiger partial charge is 0.494 e. The summed E-state index contributed by atoms with van der Waals surface area (Å²) in [6.07, 6.45) is 31.9. The minimum absolute atomic E-state index is 0.115. The Bertz CT molecular complexity index is 1960. The number of piperazine rings is 1. The number of ether oxygens (including phenoxy) is 2. The molecule has 0 bridgehead atoms. The number of hydrogen-bond acceptors (Lipinski definition) is 7. The fourth-order valence-electron chi connectivity index (χ4n) is 6.64. The summed E-state index contributed by atoms with van der Waals surface area (Å²) in [4.78, 5) is 30.4. The third-order valence-electron chi connectivity index (χ3n) is 9.77. The number of fused-ring (bicyclic) bond motifs is 2. The first kappa shape index (κ1) is 41.5. The van der Waals surface area contributed by atoms with E-state index in [0.717, 1.165) is 89.5 Å². The highest BCUT2D eigenvalue weighted by Gasteiger charge is 2.18. The topological polar surface area (TPSA) is 64.0 Å². The first-order valence-electron chi connectivity index (χ1n) is 20.2. The fraction of sp³-hybridized carbons (Fsp3) is 0.404. The normalized spacial score (nSPS) is 14.3. The van der Waals surface area contributed by atoms with Crippen LogP contribution in [0.2, 0.25) is 0 Å². The lowest BCUT2D eigenvalue weighted by Crippen LogP contribution is -2.46. The molecule has 0 N–H and O–H groups in total. The van der Waals surface area contributed by atoms with Crippen LogP contribution in [-0.4, -0.2) is 54.8 Å². The standard InChI is InChI=1S/C47H59N3O4S/c1-2-3-4-5-6-7-8-9-10-11-12-13-14-15-16-17-18-19-25-47(52)54-39-50-44-38-41(28-26-40(44)27-29-46(50)51)53-36-21-20-31-48-32-34-49(35-33-48)43-23-22-24-45-42(43)30-37-55-45/h4-5,7-8,10-11,13-14,16-17,22-24,26-30,37-38H,2-3,6,9,12,15,18-21,25,31-36,39H2,1H3/b5-4-,8-7-,11-10-,14-13-,17-16-. The number of aromatic nitrogens is 1. The molecular weight excluding hydrogens is 703 g/mol. The number of unbranched alkanes of at least 4 members (excludes halogenated alkanes) is 3. The molecule has 1 aliphatic rings. The van der Waals surface area contributed by atoms with Gasteiger partial charge in [0.25, 0.3) is 5.56 Å². The van der Waals surface area contributed by atoms with E-state index in [0.29, 0.717) is 30.7 Å². The third kappa shape index (κ3) is 14.2. The maximum absolute atomic E-state index is 12.8. The fourth-order valence-corrected chi connectivity index (χ4v) is 7.45. The van der Waals surface area contributed by atoms with E-state index in [1.165, 1.54) is 32.8 Å². The van der Waals surface area contributed by atoms with Gasteiger partial charge in [0, 0.05) is 60.5 Å². The van der Waals surface area contributed by atoms with Crippen molar-refractivity contribution >= 4 is 44.0 Å². The number of rotatable bonds is 23.